The SMILES string of the molecule is CN1CCN(C(=O)c2ccc(Cl)c(F)c2)CC1. The summed E-state index contributed by atoms with van der Waals surface area (Å²) >= 11 is 5.58. The van der Waals surface area contributed by atoms with Crippen LogP contribution < -0.4 is 0 Å². The van der Waals surface area contributed by atoms with E-state index in [1.807, 2.05) is 7.05 Å². The van der Waals surface area contributed by atoms with Crippen LogP contribution in [-0.2, 0) is 0 Å². The number of nitrogens with zero attached hydrogens (tertiary/aromatic N) is 2. The van der Waals surface area contributed by atoms with Crippen LogP contribution in [0.15, 0.2) is 18.2 Å². The van der Waals surface area contributed by atoms with Gasteiger partial charge in [0.2, 0.25) is 0 Å². The first-order chi connectivity index (χ1) is 8.08. The summed E-state index contributed by atoms with van der Waals surface area (Å²) in [6, 6.07) is 4.18. The monoisotopic (exact) mass is 256 g/mol. The van der Waals surface area contributed by atoms with E-state index in [0.717, 1.165) is 13.1 Å². The molecule has 1 saturated heterocycles. The van der Waals surface area contributed by atoms with E-state index in [2.05, 4.69) is 4.90 Å². The van der Waals surface area contributed by atoms with Gasteiger partial charge in [-0.2, -0.15) is 0 Å². The molecule has 0 spiro atoms. The van der Waals surface area contributed by atoms with Crippen LogP contribution >= 0.6 is 11.6 Å². The second kappa shape index (κ2) is 5.02. The van der Waals surface area contributed by atoms with Gasteiger partial charge in [0.25, 0.3) is 5.91 Å². The van der Waals surface area contributed by atoms with Crippen molar-refractivity contribution < 1.29 is 9.18 Å². The highest BCUT2D eigenvalue weighted by molar-refractivity contribution is 6.30. The molecule has 17 heavy (non-hydrogen) atoms. The second-order valence-electron chi connectivity index (χ2n) is 4.22. The predicted octanol–water partition coefficient (Wildman–Crippen LogP) is 1.87. The summed E-state index contributed by atoms with van der Waals surface area (Å²) < 4.78 is 13.3. The fourth-order valence-corrected chi connectivity index (χ4v) is 1.94. The summed E-state index contributed by atoms with van der Waals surface area (Å²) in [5.74, 6) is -0.680. The normalized spacial score (nSPS) is 17.2. The number of benzene rings is 1. The summed E-state index contributed by atoms with van der Waals surface area (Å²) in [7, 11) is 2.02. The van der Waals surface area contributed by atoms with Crippen LogP contribution in [0.3, 0.4) is 0 Å². The molecular weight excluding hydrogens is 243 g/mol. The van der Waals surface area contributed by atoms with Crippen LogP contribution in [0.4, 0.5) is 4.39 Å². The molecular formula is C12H14ClFN2O. The minimum atomic E-state index is -0.549. The average molecular weight is 257 g/mol. The highest BCUT2D eigenvalue weighted by Crippen LogP contribution is 2.17. The van der Waals surface area contributed by atoms with Gasteiger partial charge in [-0.25, -0.2) is 4.39 Å². The maximum atomic E-state index is 13.3. The van der Waals surface area contributed by atoms with Crippen molar-refractivity contribution in [3.05, 3.63) is 34.6 Å². The van der Waals surface area contributed by atoms with Crippen LogP contribution in [0.2, 0.25) is 5.02 Å². The number of likely N-dealkylation sites (N-methyl/N-ethyl adjacent to an activating group) is 1. The van der Waals surface area contributed by atoms with Gasteiger partial charge in [0.15, 0.2) is 0 Å². The van der Waals surface area contributed by atoms with Crippen molar-refractivity contribution in [3.63, 3.8) is 0 Å². The van der Waals surface area contributed by atoms with E-state index in [0.29, 0.717) is 18.7 Å². The Labute approximate surface area is 105 Å². The number of rotatable bonds is 1. The Bertz CT molecular complexity index is 431. The first-order valence-electron chi connectivity index (χ1n) is 5.51. The molecule has 1 aliphatic heterocycles. The van der Waals surface area contributed by atoms with Gasteiger partial charge >= 0.3 is 0 Å². The Hall–Kier alpha value is -1.13. The van der Waals surface area contributed by atoms with Crippen molar-refractivity contribution in [1.82, 2.24) is 9.80 Å². The van der Waals surface area contributed by atoms with Gasteiger partial charge in [0.05, 0.1) is 5.02 Å². The molecule has 1 aromatic rings. The zero-order valence-electron chi connectivity index (χ0n) is 9.62. The molecule has 0 saturated carbocycles. The standard InChI is InChI=1S/C12H14ClFN2O/c1-15-4-6-16(7-5-15)12(17)9-2-3-10(13)11(14)8-9/h2-3,8H,4-7H2,1H3. The molecule has 92 valence electrons. The predicted molar refractivity (Wildman–Crippen MR) is 64.8 cm³/mol. The molecule has 1 fully saturated rings. The van der Waals surface area contributed by atoms with Gasteiger partial charge in [-0.3, -0.25) is 4.79 Å². The summed E-state index contributed by atoms with van der Waals surface area (Å²) in [5.41, 5.74) is 0.358. The Morgan fingerprint density at radius 2 is 1.94 bits per heavy atom. The molecule has 0 aliphatic carbocycles. The van der Waals surface area contributed by atoms with E-state index in [-0.39, 0.29) is 10.9 Å². The van der Waals surface area contributed by atoms with Gasteiger partial charge in [0.1, 0.15) is 5.82 Å². The maximum absolute atomic E-state index is 13.3. The van der Waals surface area contributed by atoms with E-state index < -0.39 is 5.82 Å². The molecule has 3 nitrogen and oxygen atoms in total. The Kier molecular flexibility index (Phi) is 3.64. The fourth-order valence-electron chi connectivity index (χ4n) is 1.82. The van der Waals surface area contributed by atoms with Crippen LogP contribution in [-0.4, -0.2) is 48.9 Å². The molecule has 0 atom stereocenters. The third kappa shape index (κ3) is 2.76. The molecule has 0 bridgehead atoms. The van der Waals surface area contributed by atoms with Crippen LogP contribution in [0.25, 0.3) is 0 Å². The topological polar surface area (TPSA) is 23.6 Å². The Morgan fingerprint density at radius 1 is 1.29 bits per heavy atom. The lowest BCUT2D eigenvalue weighted by atomic mass is 10.2. The fraction of sp³-hybridized carbons (Fsp3) is 0.417. The third-order valence-electron chi connectivity index (χ3n) is 2.96. The minimum absolute atomic E-state index is 0.0416. The van der Waals surface area contributed by atoms with E-state index in [1.54, 1.807) is 11.0 Å². The Balaban J connectivity index is 2.11. The molecule has 0 radical (unpaired) electrons. The molecule has 5 heteroatoms. The first kappa shape index (κ1) is 12.3. The number of hydrogen-bond donors (Lipinski definition) is 0. The van der Waals surface area contributed by atoms with Crippen LogP contribution in [0.1, 0.15) is 10.4 Å². The number of carbonyl (C=O) groups is 1. The summed E-state index contributed by atoms with van der Waals surface area (Å²) in [5, 5.41) is 0.0416. The largest absolute Gasteiger partial charge is 0.336 e. The first-order valence-corrected chi connectivity index (χ1v) is 5.88. The Morgan fingerprint density at radius 3 is 2.53 bits per heavy atom. The summed E-state index contributed by atoms with van der Waals surface area (Å²) in [6.45, 7) is 3.06. The highest BCUT2D eigenvalue weighted by atomic mass is 35.5. The number of piperazine rings is 1. The third-order valence-corrected chi connectivity index (χ3v) is 3.26. The van der Waals surface area contributed by atoms with Crippen molar-refractivity contribution in [2.45, 2.75) is 0 Å². The number of carbonyl (C=O) groups excluding carboxylic acids is 1. The number of halogens is 2. The molecule has 2 rings (SSSR count). The van der Waals surface area contributed by atoms with Crippen molar-refractivity contribution >= 4 is 17.5 Å². The number of amides is 1. The lowest BCUT2D eigenvalue weighted by Gasteiger charge is -2.32. The minimum Gasteiger partial charge on any atom is -0.336 e. The number of hydrogen-bond acceptors (Lipinski definition) is 2. The van der Waals surface area contributed by atoms with Crippen molar-refractivity contribution in [1.29, 1.82) is 0 Å². The van der Waals surface area contributed by atoms with Crippen LogP contribution in [0, 0.1) is 5.82 Å². The van der Waals surface area contributed by atoms with Crippen LogP contribution in [0.5, 0.6) is 0 Å². The van der Waals surface area contributed by atoms with E-state index >= 15 is 0 Å². The van der Waals surface area contributed by atoms with Gasteiger partial charge in [0, 0.05) is 31.7 Å². The van der Waals surface area contributed by atoms with Crippen molar-refractivity contribution in [3.8, 4) is 0 Å². The van der Waals surface area contributed by atoms with Gasteiger partial charge in [-0.15, -0.1) is 0 Å². The molecule has 1 amide bonds. The van der Waals surface area contributed by atoms with E-state index in [4.69, 9.17) is 11.6 Å². The average Bonchev–Trinajstić information content (AvgIpc) is 2.33. The molecule has 0 aromatic heterocycles. The summed E-state index contributed by atoms with van der Waals surface area (Å²) in [4.78, 5) is 16.0. The lowest BCUT2D eigenvalue weighted by Crippen LogP contribution is -2.47. The van der Waals surface area contributed by atoms with Gasteiger partial charge in [-0.05, 0) is 25.2 Å². The van der Waals surface area contributed by atoms with Gasteiger partial charge < -0.3 is 9.80 Å². The van der Waals surface area contributed by atoms with E-state index in [9.17, 15) is 9.18 Å². The zero-order chi connectivity index (χ0) is 12.4. The highest BCUT2D eigenvalue weighted by Gasteiger charge is 2.20. The molecule has 1 aromatic carbocycles. The molecule has 1 aliphatic rings. The molecule has 0 N–H and O–H groups in total. The lowest BCUT2D eigenvalue weighted by molar-refractivity contribution is 0.0663. The zero-order valence-corrected chi connectivity index (χ0v) is 10.4. The summed E-state index contributed by atoms with van der Waals surface area (Å²) in [6.07, 6.45) is 0. The molecule has 1 heterocycles. The molecule has 0 unspecified atom stereocenters. The smallest absolute Gasteiger partial charge is 0.254 e. The van der Waals surface area contributed by atoms with Crippen molar-refractivity contribution in [2.24, 2.45) is 0 Å². The van der Waals surface area contributed by atoms with Gasteiger partial charge in [-0.1, -0.05) is 11.6 Å². The van der Waals surface area contributed by atoms with E-state index in [1.165, 1.54) is 12.1 Å². The second-order valence-corrected chi connectivity index (χ2v) is 4.63. The van der Waals surface area contributed by atoms with Crippen molar-refractivity contribution in [2.75, 3.05) is 33.2 Å². The maximum Gasteiger partial charge on any atom is 0.254 e. The quantitative estimate of drug-likeness (QED) is 0.766.